The van der Waals surface area contributed by atoms with Crippen LogP contribution in [0.5, 0.6) is 0 Å². The number of hydrogen-bond donors (Lipinski definition) is 0. The minimum Gasteiger partial charge on any atom is -0.316 e. The van der Waals surface area contributed by atoms with Gasteiger partial charge in [-0.15, -0.1) is 0 Å². The SMILES string of the molecule is CCn1c(=NC(=O)c2ccc(S(=O)(=O)N(C)c3ccccc3)cc2)sc2ccc([N+](=O)[O-])cc21. The Kier molecular flexibility index (Phi) is 6.31. The van der Waals surface area contributed by atoms with Gasteiger partial charge in [-0.05, 0) is 49.4 Å². The number of aryl methyl sites for hydroxylation is 1. The van der Waals surface area contributed by atoms with E-state index in [1.807, 2.05) is 6.92 Å². The van der Waals surface area contributed by atoms with Crippen LogP contribution in [0.4, 0.5) is 11.4 Å². The van der Waals surface area contributed by atoms with Crippen LogP contribution in [-0.2, 0) is 16.6 Å². The summed E-state index contributed by atoms with van der Waals surface area (Å²) >= 11 is 1.25. The van der Waals surface area contributed by atoms with Gasteiger partial charge in [-0.25, -0.2) is 8.42 Å². The fourth-order valence-corrected chi connectivity index (χ4v) is 5.69. The number of amides is 1. The maximum atomic E-state index is 12.9. The number of carbonyl (C=O) groups excluding carboxylic acids is 1. The van der Waals surface area contributed by atoms with E-state index in [0.717, 1.165) is 4.70 Å². The fraction of sp³-hybridized carbons (Fsp3) is 0.130. The lowest BCUT2D eigenvalue weighted by molar-refractivity contribution is -0.384. The zero-order chi connectivity index (χ0) is 24.5. The van der Waals surface area contributed by atoms with Gasteiger partial charge in [0.05, 0.1) is 25.7 Å². The van der Waals surface area contributed by atoms with Crippen molar-refractivity contribution in [3.05, 3.63) is 93.3 Å². The molecule has 0 spiro atoms. The number of hydrogen-bond acceptors (Lipinski definition) is 6. The molecule has 0 saturated carbocycles. The Bertz CT molecular complexity index is 1560. The Morgan fingerprint density at radius 3 is 2.38 bits per heavy atom. The number of sulfonamides is 1. The highest BCUT2D eigenvalue weighted by atomic mass is 32.2. The molecule has 1 aromatic heterocycles. The van der Waals surface area contributed by atoms with Crippen LogP contribution in [0.25, 0.3) is 10.2 Å². The molecule has 3 aromatic carbocycles. The van der Waals surface area contributed by atoms with Crippen molar-refractivity contribution in [2.75, 3.05) is 11.4 Å². The van der Waals surface area contributed by atoms with Crippen LogP contribution in [0.15, 0.2) is 82.7 Å². The number of carbonyl (C=O) groups is 1. The molecule has 4 rings (SSSR count). The molecule has 0 bridgehead atoms. The first kappa shape index (κ1) is 23.3. The first-order valence-corrected chi connectivity index (χ1v) is 12.5. The van der Waals surface area contributed by atoms with Crippen molar-refractivity contribution in [1.82, 2.24) is 4.57 Å². The highest BCUT2D eigenvalue weighted by Gasteiger charge is 2.21. The average molecular weight is 497 g/mol. The summed E-state index contributed by atoms with van der Waals surface area (Å²) in [4.78, 5) is 28.1. The molecule has 0 radical (unpaired) electrons. The molecule has 11 heteroatoms. The van der Waals surface area contributed by atoms with Crippen molar-refractivity contribution in [2.24, 2.45) is 4.99 Å². The molecule has 0 saturated heterocycles. The van der Waals surface area contributed by atoms with Crippen LogP contribution in [0, 0.1) is 10.1 Å². The van der Waals surface area contributed by atoms with E-state index < -0.39 is 20.9 Å². The number of non-ortho nitro benzene ring substituents is 1. The number of nitro benzene ring substituents is 1. The van der Waals surface area contributed by atoms with Crippen molar-refractivity contribution in [1.29, 1.82) is 0 Å². The first-order chi connectivity index (χ1) is 16.2. The largest absolute Gasteiger partial charge is 0.316 e. The molecule has 1 amide bonds. The Morgan fingerprint density at radius 2 is 1.76 bits per heavy atom. The number of benzene rings is 3. The second-order valence-electron chi connectivity index (χ2n) is 7.29. The molecule has 0 unspecified atom stereocenters. The van der Waals surface area contributed by atoms with Gasteiger partial charge in [-0.3, -0.25) is 19.2 Å². The van der Waals surface area contributed by atoms with Gasteiger partial charge < -0.3 is 4.57 Å². The Labute approximate surface area is 199 Å². The number of para-hydroxylation sites is 1. The molecule has 9 nitrogen and oxygen atoms in total. The maximum Gasteiger partial charge on any atom is 0.279 e. The quantitative estimate of drug-likeness (QED) is 0.293. The van der Waals surface area contributed by atoms with E-state index in [4.69, 9.17) is 0 Å². The third kappa shape index (κ3) is 4.35. The van der Waals surface area contributed by atoms with E-state index in [9.17, 15) is 23.3 Å². The number of fused-ring (bicyclic) bond motifs is 1. The molecule has 0 atom stereocenters. The maximum absolute atomic E-state index is 12.9. The number of anilines is 1. The summed E-state index contributed by atoms with van der Waals surface area (Å²) in [5.41, 5.74) is 1.33. The lowest BCUT2D eigenvalue weighted by atomic mass is 10.2. The topological polar surface area (TPSA) is 115 Å². The molecule has 0 aliphatic heterocycles. The molecule has 34 heavy (non-hydrogen) atoms. The molecular formula is C23H20N4O5S2. The second kappa shape index (κ2) is 9.20. The third-order valence-corrected chi connectivity index (χ3v) is 8.13. The minimum atomic E-state index is -3.80. The molecule has 0 fully saturated rings. The fourth-order valence-electron chi connectivity index (χ4n) is 3.42. The molecule has 0 aliphatic rings. The molecule has 4 aromatic rings. The summed E-state index contributed by atoms with van der Waals surface area (Å²) in [6.07, 6.45) is 0. The van der Waals surface area contributed by atoms with Gasteiger partial charge in [0.15, 0.2) is 4.80 Å². The van der Waals surface area contributed by atoms with Crippen molar-refractivity contribution < 1.29 is 18.1 Å². The van der Waals surface area contributed by atoms with Crippen LogP contribution in [0.2, 0.25) is 0 Å². The van der Waals surface area contributed by atoms with Crippen LogP contribution in [0.1, 0.15) is 17.3 Å². The summed E-state index contributed by atoms with van der Waals surface area (Å²) < 4.78 is 29.5. The van der Waals surface area contributed by atoms with Gasteiger partial charge >= 0.3 is 0 Å². The molecule has 0 N–H and O–H groups in total. The summed E-state index contributed by atoms with van der Waals surface area (Å²) in [7, 11) is -2.33. The number of aromatic nitrogens is 1. The van der Waals surface area contributed by atoms with Crippen LogP contribution in [0.3, 0.4) is 0 Å². The van der Waals surface area contributed by atoms with Crippen molar-refractivity contribution in [2.45, 2.75) is 18.4 Å². The highest BCUT2D eigenvalue weighted by Crippen LogP contribution is 2.24. The summed E-state index contributed by atoms with van der Waals surface area (Å²) in [5.74, 6) is -0.538. The van der Waals surface area contributed by atoms with Crippen molar-refractivity contribution in [3.8, 4) is 0 Å². The average Bonchev–Trinajstić information content (AvgIpc) is 3.20. The standard InChI is InChI=1S/C23H20N4O5S2/c1-3-26-20-15-18(27(29)30)11-14-21(20)33-23(26)24-22(28)16-9-12-19(13-10-16)34(31,32)25(2)17-7-5-4-6-8-17/h4-15H,3H2,1-2H3. The van der Waals surface area contributed by atoms with Crippen molar-refractivity contribution in [3.63, 3.8) is 0 Å². The smallest absolute Gasteiger partial charge is 0.279 e. The van der Waals surface area contributed by atoms with E-state index in [2.05, 4.69) is 4.99 Å². The monoisotopic (exact) mass is 496 g/mol. The summed E-state index contributed by atoms with van der Waals surface area (Å²) in [6.45, 7) is 2.33. The van der Waals surface area contributed by atoms with E-state index in [1.54, 1.807) is 41.0 Å². The molecular weight excluding hydrogens is 476 g/mol. The summed E-state index contributed by atoms with van der Waals surface area (Å²) in [5, 5.41) is 11.1. The Hall–Kier alpha value is -3.83. The van der Waals surface area contributed by atoms with E-state index >= 15 is 0 Å². The number of nitrogens with zero attached hydrogens (tertiary/aromatic N) is 4. The predicted molar refractivity (Wildman–Crippen MR) is 131 cm³/mol. The number of rotatable bonds is 6. The van der Waals surface area contributed by atoms with Gasteiger partial charge in [0.1, 0.15) is 0 Å². The highest BCUT2D eigenvalue weighted by molar-refractivity contribution is 7.92. The Balaban J connectivity index is 1.66. The first-order valence-electron chi connectivity index (χ1n) is 10.2. The van der Waals surface area contributed by atoms with Gasteiger partial charge in [0.2, 0.25) is 0 Å². The van der Waals surface area contributed by atoms with Crippen LogP contribution < -0.4 is 9.11 Å². The number of thiazole rings is 1. The third-order valence-electron chi connectivity index (χ3n) is 5.27. The van der Waals surface area contributed by atoms with Gasteiger partial charge in [-0.2, -0.15) is 4.99 Å². The van der Waals surface area contributed by atoms with Crippen LogP contribution >= 0.6 is 11.3 Å². The second-order valence-corrected chi connectivity index (χ2v) is 10.3. The minimum absolute atomic E-state index is 0.0392. The van der Waals surface area contributed by atoms with Crippen molar-refractivity contribution >= 4 is 48.9 Å². The lowest BCUT2D eigenvalue weighted by Crippen LogP contribution is -2.26. The van der Waals surface area contributed by atoms with E-state index in [1.165, 1.54) is 59.1 Å². The molecule has 0 aliphatic carbocycles. The van der Waals surface area contributed by atoms with Crippen LogP contribution in [-0.4, -0.2) is 30.9 Å². The summed E-state index contributed by atoms with van der Waals surface area (Å²) in [6, 6.07) is 18.8. The lowest BCUT2D eigenvalue weighted by Gasteiger charge is -2.19. The van der Waals surface area contributed by atoms with E-state index in [-0.39, 0.29) is 16.1 Å². The molecule has 1 heterocycles. The Morgan fingerprint density at radius 1 is 1.09 bits per heavy atom. The number of nitro groups is 1. The zero-order valence-electron chi connectivity index (χ0n) is 18.3. The van der Waals surface area contributed by atoms with Gasteiger partial charge in [-0.1, -0.05) is 29.5 Å². The van der Waals surface area contributed by atoms with E-state index in [0.29, 0.717) is 22.6 Å². The van der Waals surface area contributed by atoms with Gasteiger partial charge in [0.25, 0.3) is 21.6 Å². The zero-order valence-corrected chi connectivity index (χ0v) is 19.9. The molecule has 174 valence electrons. The predicted octanol–water partition coefficient (Wildman–Crippen LogP) is 4.20. The normalized spacial score (nSPS) is 12.1. The van der Waals surface area contributed by atoms with Gasteiger partial charge in [0, 0.05) is 31.3 Å².